The van der Waals surface area contributed by atoms with Gasteiger partial charge in [-0.05, 0) is 34.4 Å². The average molecular weight is 448 g/mol. The third kappa shape index (κ3) is 7.61. The Balaban J connectivity index is 0.00000392. The summed E-state index contributed by atoms with van der Waals surface area (Å²) in [6, 6.07) is 4.84. The van der Waals surface area contributed by atoms with E-state index in [0.29, 0.717) is 11.8 Å². The molecule has 3 nitrogen and oxygen atoms in total. The van der Waals surface area contributed by atoms with Crippen molar-refractivity contribution in [2.24, 2.45) is 0 Å². The second-order valence-corrected chi connectivity index (χ2v) is 10.3. The maximum Gasteiger partial charge on any atom is 0.124 e. The summed E-state index contributed by atoms with van der Waals surface area (Å²) in [4.78, 5) is 2.58. The van der Waals surface area contributed by atoms with E-state index in [1.165, 1.54) is 24.8 Å². The summed E-state index contributed by atoms with van der Waals surface area (Å²) in [5.74, 6) is 0.524. The van der Waals surface area contributed by atoms with Crippen LogP contribution in [0.2, 0.25) is 0 Å². The minimum absolute atomic E-state index is 0. The van der Waals surface area contributed by atoms with Gasteiger partial charge in [0.1, 0.15) is 5.75 Å². The zero-order valence-electron chi connectivity index (χ0n) is 19.6. The van der Waals surface area contributed by atoms with Gasteiger partial charge in [0.25, 0.3) is 0 Å². The molecule has 1 fully saturated rings. The normalized spacial score (nSPS) is 16.7. The first-order chi connectivity index (χ1) is 12.6. The van der Waals surface area contributed by atoms with Crippen molar-refractivity contribution < 1.29 is 5.11 Å². The molecule has 1 heterocycles. The van der Waals surface area contributed by atoms with Crippen LogP contribution in [-0.2, 0) is 10.8 Å². The van der Waals surface area contributed by atoms with Crippen LogP contribution in [0.3, 0.4) is 0 Å². The largest absolute Gasteiger partial charge is 0.507 e. The Hall–Kier alpha value is -0.480. The van der Waals surface area contributed by atoms with E-state index >= 15 is 0 Å². The van der Waals surface area contributed by atoms with Gasteiger partial charge in [-0.25, -0.2) is 0 Å². The third-order valence-electron chi connectivity index (χ3n) is 5.85. The van der Waals surface area contributed by atoms with Crippen molar-refractivity contribution in [3.63, 3.8) is 0 Å². The monoisotopic (exact) mass is 446 g/mol. The van der Waals surface area contributed by atoms with Gasteiger partial charge in [0.2, 0.25) is 0 Å². The molecule has 2 N–H and O–H groups in total. The summed E-state index contributed by atoms with van der Waals surface area (Å²) >= 11 is 0. The Labute approximate surface area is 191 Å². The molecule has 1 aliphatic heterocycles. The van der Waals surface area contributed by atoms with E-state index in [-0.39, 0.29) is 35.6 Å². The molecular weight excluding hydrogens is 403 g/mol. The van der Waals surface area contributed by atoms with Gasteiger partial charge in [-0.2, -0.15) is 0 Å². The number of hydrogen-bond acceptors (Lipinski definition) is 3. The summed E-state index contributed by atoms with van der Waals surface area (Å²) in [5.41, 5.74) is 3.55. The minimum atomic E-state index is -0.0719. The van der Waals surface area contributed by atoms with Crippen molar-refractivity contribution in [3.8, 4) is 5.75 Å². The van der Waals surface area contributed by atoms with Crippen LogP contribution in [0.5, 0.6) is 5.75 Å². The number of phenols is 1. The van der Waals surface area contributed by atoms with Crippen LogP contribution >= 0.6 is 24.8 Å². The fourth-order valence-corrected chi connectivity index (χ4v) is 4.03. The lowest BCUT2D eigenvalue weighted by molar-refractivity contribution is 0.160. The van der Waals surface area contributed by atoms with E-state index in [1.807, 2.05) is 0 Å². The molecular formula is C24H44Cl2N2O. The van der Waals surface area contributed by atoms with E-state index in [4.69, 9.17) is 0 Å². The number of hydrogen-bond donors (Lipinski definition) is 2. The number of nitrogens with one attached hydrogen (secondary N) is 1. The minimum Gasteiger partial charge on any atom is -0.507 e. The number of unbranched alkanes of at least 4 members (excludes halogenated alkanes) is 2. The fraction of sp³-hybridized carbons (Fsp3) is 0.750. The Morgan fingerprint density at radius 3 is 2.03 bits per heavy atom. The Kier molecular flexibility index (Phi) is 11.6. The maximum atomic E-state index is 11.3. The average Bonchev–Trinajstić information content (AvgIpc) is 2.58. The lowest BCUT2D eigenvalue weighted by Crippen LogP contribution is -2.45. The topological polar surface area (TPSA) is 35.5 Å². The van der Waals surface area contributed by atoms with Gasteiger partial charge in [-0.3, -0.25) is 4.90 Å². The number of benzene rings is 1. The zero-order chi connectivity index (χ0) is 20.2. The molecule has 0 spiro atoms. The fourth-order valence-electron chi connectivity index (χ4n) is 4.03. The predicted octanol–water partition coefficient (Wildman–Crippen LogP) is 6.36. The van der Waals surface area contributed by atoms with Crippen LogP contribution in [0, 0.1) is 0 Å². The molecule has 1 aliphatic rings. The first kappa shape index (κ1) is 28.5. The maximum absolute atomic E-state index is 11.3. The van der Waals surface area contributed by atoms with Crippen LogP contribution in [0.15, 0.2) is 12.1 Å². The summed E-state index contributed by atoms with van der Waals surface area (Å²) < 4.78 is 0. The second-order valence-electron chi connectivity index (χ2n) is 10.3. The van der Waals surface area contributed by atoms with Crippen molar-refractivity contribution in [2.75, 3.05) is 26.2 Å². The third-order valence-corrected chi connectivity index (χ3v) is 5.85. The number of piperazine rings is 1. The van der Waals surface area contributed by atoms with E-state index in [2.05, 4.69) is 70.8 Å². The molecule has 0 saturated carbocycles. The number of rotatable bonds is 6. The standard InChI is InChI=1S/C24H42N2O.2ClH/c1-8-9-10-11-21(26-14-12-25-13-15-26)19-16-18(23(2,3)4)17-20(22(19)27)24(5,6)7;;/h16-17,21,25,27H,8-15H2,1-7H3;2*1H/t21-;;/m0../s1. The van der Waals surface area contributed by atoms with Crippen molar-refractivity contribution in [3.05, 3.63) is 28.8 Å². The molecule has 1 aromatic carbocycles. The quantitative estimate of drug-likeness (QED) is 0.498. The molecule has 2 rings (SSSR count). The molecule has 170 valence electrons. The summed E-state index contributed by atoms with van der Waals surface area (Å²) in [6.07, 6.45) is 4.83. The number of phenolic OH excluding ortho intramolecular Hbond substituents is 1. The van der Waals surface area contributed by atoms with Gasteiger partial charge < -0.3 is 10.4 Å². The molecule has 1 aromatic rings. The van der Waals surface area contributed by atoms with Crippen LogP contribution in [-0.4, -0.2) is 36.2 Å². The Bertz CT molecular complexity index is 615. The highest BCUT2D eigenvalue weighted by Gasteiger charge is 2.30. The smallest absolute Gasteiger partial charge is 0.124 e. The molecule has 0 amide bonds. The van der Waals surface area contributed by atoms with Crippen LogP contribution in [0.25, 0.3) is 0 Å². The van der Waals surface area contributed by atoms with E-state index in [1.54, 1.807) is 0 Å². The molecule has 1 atom stereocenters. The van der Waals surface area contributed by atoms with Crippen molar-refractivity contribution in [2.45, 2.75) is 91.0 Å². The lowest BCUT2D eigenvalue weighted by atomic mass is 9.77. The Morgan fingerprint density at radius 1 is 0.966 bits per heavy atom. The highest BCUT2D eigenvalue weighted by Crippen LogP contribution is 2.42. The van der Waals surface area contributed by atoms with Crippen LogP contribution in [0.1, 0.15) is 96.9 Å². The van der Waals surface area contributed by atoms with E-state index < -0.39 is 0 Å². The van der Waals surface area contributed by atoms with Gasteiger partial charge in [0, 0.05) is 37.8 Å². The summed E-state index contributed by atoms with van der Waals surface area (Å²) in [6.45, 7) is 19.9. The van der Waals surface area contributed by atoms with E-state index in [9.17, 15) is 5.11 Å². The highest BCUT2D eigenvalue weighted by atomic mass is 35.5. The van der Waals surface area contributed by atoms with Crippen molar-refractivity contribution in [1.29, 1.82) is 0 Å². The highest BCUT2D eigenvalue weighted by molar-refractivity contribution is 5.85. The number of nitrogens with zero attached hydrogens (tertiary/aromatic N) is 1. The molecule has 29 heavy (non-hydrogen) atoms. The molecule has 0 bridgehead atoms. The summed E-state index contributed by atoms with van der Waals surface area (Å²) in [5, 5.41) is 14.8. The second kappa shape index (κ2) is 11.8. The first-order valence-electron chi connectivity index (χ1n) is 10.9. The van der Waals surface area contributed by atoms with Gasteiger partial charge in [-0.15, -0.1) is 24.8 Å². The predicted molar refractivity (Wildman–Crippen MR) is 131 cm³/mol. The van der Waals surface area contributed by atoms with Gasteiger partial charge >= 0.3 is 0 Å². The number of aromatic hydroxyl groups is 1. The summed E-state index contributed by atoms with van der Waals surface area (Å²) in [7, 11) is 0. The molecule has 0 unspecified atom stereocenters. The molecule has 1 saturated heterocycles. The molecule has 0 radical (unpaired) electrons. The van der Waals surface area contributed by atoms with Crippen molar-refractivity contribution >= 4 is 24.8 Å². The number of halogens is 2. The molecule has 0 aromatic heterocycles. The lowest BCUT2D eigenvalue weighted by Gasteiger charge is -2.37. The van der Waals surface area contributed by atoms with Gasteiger partial charge in [0.05, 0.1) is 0 Å². The Morgan fingerprint density at radius 2 is 1.55 bits per heavy atom. The van der Waals surface area contributed by atoms with Gasteiger partial charge in [0.15, 0.2) is 0 Å². The van der Waals surface area contributed by atoms with Crippen LogP contribution in [0.4, 0.5) is 0 Å². The molecule has 5 heteroatoms. The first-order valence-corrected chi connectivity index (χ1v) is 10.9. The SMILES string of the molecule is CCCCC[C@@H](c1cc(C(C)(C)C)cc(C(C)(C)C)c1O)N1CCNCC1.Cl.Cl. The van der Waals surface area contributed by atoms with Crippen LogP contribution < -0.4 is 5.32 Å². The van der Waals surface area contributed by atoms with Gasteiger partial charge in [-0.1, -0.05) is 73.8 Å². The molecule has 0 aliphatic carbocycles. The van der Waals surface area contributed by atoms with Crippen molar-refractivity contribution in [1.82, 2.24) is 10.2 Å². The zero-order valence-corrected chi connectivity index (χ0v) is 21.2. The van der Waals surface area contributed by atoms with E-state index in [0.717, 1.165) is 43.7 Å².